The van der Waals surface area contributed by atoms with Gasteiger partial charge in [0.1, 0.15) is 0 Å². The van der Waals surface area contributed by atoms with Crippen LogP contribution < -0.4 is 0 Å². The van der Waals surface area contributed by atoms with Crippen LogP contribution in [0.25, 0.3) is 0 Å². The summed E-state index contributed by atoms with van der Waals surface area (Å²) in [6.07, 6.45) is 4.48. The molecule has 0 amide bonds. The van der Waals surface area contributed by atoms with E-state index in [2.05, 4.69) is 67.5 Å². The molecule has 0 aromatic rings. The van der Waals surface area contributed by atoms with Crippen molar-refractivity contribution in [3.05, 3.63) is 57.4 Å². The average molecular weight is 294 g/mol. The van der Waals surface area contributed by atoms with Gasteiger partial charge in [-0.2, -0.15) is 0 Å². The fraction of sp³-hybridized carbons (Fsp3) is 0.444. The molecule has 2 aliphatic carbocycles. The van der Waals surface area contributed by atoms with Crippen molar-refractivity contribution >= 4 is 0 Å². The molecule has 1 heteroatoms. The van der Waals surface area contributed by atoms with E-state index in [1.54, 1.807) is 0 Å². The van der Waals surface area contributed by atoms with E-state index in [4.69, 9.17) is 0 Å². The minimum absolute atomic E-state index is 0. The third kappa shape index (κ3) is 4.23. The van der Waals surface area contributed by atoms with Gasteiger partial charge < -0.3 is 0 Å². The molecule has 0 saturated heterocycles. The molecular formula is C18H26Cr. The van der Waals surface area contributed by atoms with Gasteiger partial charge in [0.25, 0.3) is 0 Å². The van der Waals surface area contributed by atoms with Gasteiger partial charge in [0.15, 0.2) is 0 Å². The first-order valence-electron chi connectivity index (χ1n) is 6.65. The average Bonchev–Trinajstić information content (AvgIpc) is 2.66. The summed E-state index contributed by atoms with van der Waals surface area (Å²) < 4.78 is 0. The summed E-state index contributed by atoms with van der Waals surface area (Å²) in [5.41, 5.74) is 8.59. The molecule has 0 aliphatic heterocycles. The number of rotatable bonds is 0. The zero-order valence-electron chi connectivity index (χ0n) is 13.6. The number of allylic oxidation sites excluding steroid dienone is 8. The van der Waals surface area contributed by atoms with Crippen molar-refractivity contribution in [1.29, 1.82) is 0 Å². The Kier molecular flexibility index (Phi) is 7.13. The van der Waals surface area contributed by atoms with Crippen LogP contribution in [0.2, 0.25) is 0 Å². The van der Waals surface area contributed by atoms with E-state index in [0.717, 1.165) is 0 Å². The van der Waals surface area contributed by atoms with Crippen LogP contribution in [0, 0.1) is 11.8 Å². The molecule has 0 fully saturated rings. The summed E-state index contributed by atoms with van der Waals surface area (Å²) in [7, 11) is 0. The second-order valence-electron chi connectivity index (χ2n) is 5.52. The van der Waals surface area contributed by atoms with Crippen molar-refractivity contribution < 1.29 is 17.4 Å². The predicted octanol–water partition coefficient (Wildman–Crippen LogP) is 5.75. The van der Waals surface area contributed by atoms with Gasteiger partial charge in [-0.25, -0.2) is 0 Å². The predicted molar refractivity (Wildman–Crippen MR) is 82.1 cm³/mol. The van der Waals surface area contributed by atoms with Gasteiger partial charge in [-0.15, -0.1) is 0 Å². The molecule has 0 atom stereocenters. The Morgan fingerprint density at radius 2 is 0.789 bits per heavy atom. The molecule has 19 heavy (non-hydrogen) atoms. The third-order valence-electron chi connectivity index (χ3n) is 4.36. The van der Waals surface area contributed by atoms with Crippen molar-refractivity contribution in [3.63, 3.8) is 0 Å². The molecular weight excluding hydrogens is 268 g/mol. The molecule has 0 bridgehead atoms. The summed E-state index contributed by atoms with van der Waals surface area (Å²) in [6.45, 7) is 17.4. The van der Waals surface area contributed by atoms with Crippen LogP contribution in [0.1, 0.15) is 55.4 Å². The van der Waals surface area contributed by atoms with Gasteiger partial charge in [-0.05, 0) is 41.5 Å². The maximum Gasteiger partial charge on any atom is 0.0224 e. The van der Waals surface area contributed by atoms with E-state index in [-0.39, 0.29) is 17.4 Å². The normalized spacial score (nSPS) is 20.0. The largest absolute Gasteiger partial charge is 0.0619 e. The number of hydrogen-bond donors (Lipinski definition) is 0. The van der Waals surface area contributed by atoms with Crippen molar-refractivity contribution in [1.82, 2.24) is 0 Å². The van der Waals surface area contributed by atoms with Gasteiger partial charge in [0.05, 0.1) is 0 Å². The Morgan fingerprint density at radius 1 is 0.526 bits per heavy atom. The molecule has 0 aromatic carbocycles. The van der Waals surface area contributed by atoms with Crippen LogP contribution >= 0.6 is 0 Å². The maximum absolute atomic E-state index is 2.24. The molecule has 0 spiro atoms. The molecule has 0 aromatic heterocycles. The van der Waals surface area contributed by atoms with Crippen LogP contribution in [0.4, 0.5) is 0 Å². The van der Waals surface area contributed by atoms with E-state index in [9.17, 15) is 0 Å². The molecule has 0 nitrogen and oxygen atoms in total. The Hall–Kier alpha value is -0.508. The summed E-state index contributed by atoms with van der Waals surface area (Å²) in [4.78, 5) is 0. The third-order valence-corrected chi connectivity index (χ3v) is 4.36. The van der Waals surface area contributed by atoms with E-state index < -0.39 is 0 Å². The molecule has 2 rings (SSSR count). The molecule has 2 aliphatic rings. The maximum atomic E-state index is 2.24. The van der Waals surface area contributed by atoms with E-state index in [1.807, 2.05) is 0 Å². The molecule has 0 N–H and O–H groups in total. The van der Waals surface area contributed by atoms with Crippen LogP contribution in [0.3, 0.4) is 0 Å². The van der Waals surface area contributed by atoms with Gasteiger partial charge in [0, 0.05) is 29.2 Å². The molecule has 2 radical (unpaired) electrons. The minimum atomic E-state index is 0. The molecule has 104 valence electrons. The minimum Gasteiger partial charge on any atom is -0.0619 e. The molecule has 0 heterocycles. The van der Waals surface area contributed by atoms with Gasteiger partial charge >= 0.3 is 0 Å². The first-order chi connectivity index (χ1) is 8.25. The zero-order chi connectivity index (χ0) is 14.0. The van der Waals surface area contributed by atoms with Crippen LogP contribution in [0.15, 0.2) is 45.6 Å². The number of hydrogen-bond acceptors (Lipinski definition) is 0. The van der Waals surface area contributed by atoms with E-state index in [0.29, 0.717) is 0 Å². The second kappa shape index (κ2) is 7.32. The van der Waals surface area contributed by atoms with Crippen LogP contribution in [-0.4, -0.2) is 0 Å². The molecule has 0 unspecified atom stereocenters. The van der Waals surface area contributed by atoms with Crippen molar-refractivity contribution in [2.24, 2.45) is 0 Å². The first kappa shape index (κ1) is 18.5. The van der Waals surface area contributed by atoms with E-state index >= 15 is 0 Å². The summed E-state index contributed by atoms with van der Waals surface area (Å²) in [5.74, 6) is 2.90. The van der Waals surface area contributed by atoms with Gasteiger partial charge in [-0.3, -0.25) is 0 Å². The van der Waals surface area contributed by atoms with Crippen molar-refractivity contribution in [2.45, 2.75) is 55.4 Å². The Bertz CT molecular complexity index is 414. The fourth-order valence-electron chi connectivity index (χ4n) is 2.27. The first-order valence-corrected chi connectivity index (χ1v) is 6.65. The summed E-state index contributed by atoms with van der Waals surface area (Å²) in [6, 6.07) is 0. The summed E-state index contributed by atoms with van der Waals surface area (Å²) >= 11 is 0. The SMILES string of the molecule is C[C]1C(C)=CC(C)=C1C.C[C]1C(C)=CC(C)=C1C.[Cr]. The standard InChI is InChI=1S/2C9H13.Cr/c2*1-6-5-7(2)9(4)8(6)3;/h2*5H,1-4H3;. The fourth-order valence-corrected chi connectivity index (χ4v) is 2.27. The zero-order valence-corrected chi connectivity index (χ0v) is 14.8. The summed E-state index contributed by atoms with van der Waals surface area (Å²) in [5, 5.41) is 0. The topological polar surface area (TPSA) is 0 Å². The monoisotopic (exact) mass is 294 g/mol. The quantitative estimate of drug-likeness (QED) is 0.533. The van der Waals surface area contributed by atoms with Crippen molar-refractivity contribution in [2.75, 3.05) is 0 Å². The smallest absolute Gasteiger partial charge is 0.0224 e. The van der Waals surface area contributed by atoms with E-state index in [1.165, 1.54) is 45.3 Å². The Labute approximate surface area is 130 Å². The van der Waals surface area contributed by atoms with Crippen LogP contribution in [0.5, 0.6) is 0 Å². The Morgan fingerprint density at radius 3 is 0.842 bits per heavy atom. The van der Waals surface area contributed by atoms with Gasteiger partial charge in [-0.1, -0.05) is 59.4 Å². The van der Waals surface area contributed by atoms with Crippen LogP contribution in [-0.2, 0) is 17.4 Å². The Balaban J connectivity index is 0.000000324. The second-order valence-corrected chi connectivity index (χ2v) is 5.52. The molecule has 0 saturated carbocycles. The van der Waals surface area contributed by atoms with Crippen molar-refractivity contribution in [3.8, 4) is 0 Å². The van der Waals surface area contributed by atoms with Gasteiger partial charge in [0.2, 0.25) is 0 Å².